The number of halogens is 1. The summed E-state index contributed by atoms with van der Waals surface area (Å²) in [6, 6.07) is 18.3. The fraction of sp³-hybridized carbons (Fsp3) is 0.0870. The second-order valence-electron chi connectivity index (χ2n) is 6.96. The number of nitrogens with one attached hydrogen (secondary N) is 2. The average Bonchev–Trinajstić information content (AvgIpc) is 3.12. The van der Waals surface area contributed by atoms with E-state index in [4.69, 9.17) is 28.2 Å². The molecule has 1 aromatic heterocycles. The normalized spacial score (nSPS) is 10.8. The van der Waals surface area contributed by atoms with E-state index in [2.05, 4.69) is 15.6 Å². The van der Waals surface area contributed by atoms with E-state index in [1.165, 1.54) is 0 Å². The van der Waals surface area contributed by atoms with Gasteiger partial charge in [0.15, 0.2) is 10.7 Å². The molecule has 5 nitrogen and oxygen atoms in total. The van der Waals surface area contributed by atoms with Gasteiger partial charge in [-0.05, 0) is 74.1 Å². The van der Waals surface area contributed by atoms with Gasteiger partial charge >= 0.3 is 0 Å². The van der Waals surface area contributed by atoms with Crippen LogP contribution in [-0.4, -0.2) is 16.0 Å². The number of anilines is 1. The summed E-state index contributed by atoms with van der Waals surface area (Å²) in [5, 5.41) is 6.36. The van der Waals surface area contributed by atoms with Gasteiger partial charge in [0.05, 0.1) is 10.6 Å². The van der Waals surface area contributed by atoms with Crippen molar-refractivity contribution in [3.8, 4) is 11.5 Å². The Kier molecular flexibility index (Phi) is 5.53. The molecule has 0 aliphatic heterocycles. The van der Waals surface area contributed by atoms with Crippen molar-refractivity contribution in [2.75, 3.05) is 5.32 Å². The largest absolute Gasteiger partial charge is 0.436 e. The van der Waals surface area contributed by atoms with Crippen molar-refractivity contribution < 1.29 is 9.21 Å². The molecule has 0 unspecified atom stereocenters. The van der Waals surface area contributed by atoms with E-state index < -0.39 is 0 Å². The summed E-state index contributed by atoms with van der Waals surface area (Å²) in [7, 11) is 0. The predicted molar refractivity (Wildman–Crippen MR) is 124 cm³/mol. The van der Waals surface area contributed by atoms with E-state index in [-0.39, 0.29) is 11.0 Å². The third kappa shape index (κ3) is 4.35. The second kappa shape index (κ2) is 8.26. The predicted octanol–water partition coefficient (Wildman–Crippen LogP) is 5.89. The van der Waals surface area contributed by atoms with Crippen LogP contribution in [0.15, 0.2) is 65.1 Å². The Balaban J connectivity index is 1.53. The maximum atomic E-state index is 12.3. The number of thiocarbonyl (C=S) groups is 1. The molecular formula is C23H18ClN3O2S. The molecule has 0 fully saturated rings. The number of aryl methyl sites for hydroxylation is 2. The van der Waals surface area contributed by atoms with Crippen molar-refractivity contribution in [3.05, 3.63) is 82.4 Å². The summed E-state index contributed by atoms with van der Waals surface area (Å²) >= 11 is 11.7. The van der Waals surface area contributed by atoms with Crippen LogP contribution in [0.25, 0.3) is 22.6 Å². The monoisotopic (exact) mass is 435 g/mol. The van der Waals surface area contributed by atoms with Gasteiger partial charge in [-0.3, -0.25) is 10.1 Å². The van der Waals surface area contributed by atoms with Crippen LogP contribution in [0.2, 0.25) is 5.02 Å². The first-order valence-corrected chi connectivity index (χ1v) is 10.0. The number of carbonyl (C=O) groups is 1. The highest BCUT2D eigenvalue weighted by Gasteiger charge is 2.14. The number of nitrogens with zero attached hydrogens (tertiary/aromatic N) is 1. The van der Waals surface area contributed by atoms with Crippen LogP contribution in [0.5, 0.6) is 0 Å². The fourth-order valence-corrected chi connectivity index (χ4v) is 3.37. The zero-order valence-corrected chi connectivity index (χ0v) is 17.9. The van der Waals surface area contributed by atoms with E-state index >= 15 is 0 Å². The summed E-state index contributed by atoms with van der Waals surface area (Å²) in [4.78, 5) is 16.9. The summed E-state index contributed by atoms with van der Waals surface area (Å²) in [5.74, 6) is 0.134. The lowest BCUT2D eigenvalue weighted by Crippen LogP contribution is -2.34. The lowest BCUT2D eigenvalue weighted by Gasteiger charge is -2.11. The number of oxazole rings is 1. The molecule has 0 radical (unpaired) electrons. The van der Waals surface area contributed by atoms with Gasteiger partial charge in [0, 0.05) is 11.3 Å². The van der Waals surface area contributed by atoms with Gasteiger partial charge in [-0.25, -0.2) is 4.98 Å². The van der Waals surface area contributed by atoms with Crippen LogP contribution in [0.1, 0.15) is 21.5 Å². The Morgan fingerprint density at radius 2 is 1.73 bits per heavy atom. The van der Waals surface area contributed by atoms with Crippen LogP contribution in [0.4, 0.5) is 5.69 Å². The molecule has 0 spiro atoms. The van der Waals surface area contributed by atoms with Crippen LogP contribution in [-0.2, 0) is 0 Å². The maximum Gasteiger partial charge on any atom is 0.257 e. The van der Waals surface area contributed by atoms with Gasteiger partial charge in [0.2, 0.25) is 5.89 Å². The molecule has 1 amide bonds. The zero-order valence-electron chi connectivity index (χ0n) is 16.3. The minimum atomic E-state index is -0.281. The molecular weight excluding hydrogens is 418 g/mol. The Morgan fingerprint density at radius 3 is 2.50 bits per heavy atom. The van der Waals surface area contributed by atoms with E-state index in [1.54, 1.807) is 30.3 Å². The lowest BCUT2D eigenvalue weighted by atomic mass is 10.1. The quantitative estimate of drug-likeness (QED) is 0.392. The second-order valence-corrected chi connectivity index (χ2v) is 7.77. The minimum absolute atomic E-state index is 0.182. The number of rotatable bonds is 3. The standard InChI is InChI=1S/C23H18ClN3O2S/c1-13-3-6-15(7-4-13)21(28)27-23(30)25-16-8-9-18(24)17(12-16)22-26-19-11-14(2)5-10-20(19)29-22/h3-12H,1-2H3,(H2,25,27,28,30). The molecule has 3 aromatic carbocycles. The first kappa shape index (κ1) is 20.1. The van der Waals surface area contributed by atoms with Crippen LogP contribution in [0.3, 0.4) is 0 Å². The lowest BCUT2D eigenvalue weighted by molar-refractivity contribution is 0.0977. The Hall–Kier alpha value is -3.22. The van der Waals surface area contributed by atoms with Crippen LogP contribution >= 0.6 is 23.8 Å². The Labute approximate surface area is 184 Å². The van der Waals surface area contributed by atoms with Gasteiger partial charge in [0.1, 0.15) is 5.52 Å². The highest BCUT2D eigenvalue weighted by atomic mass is 35.5. The molecule has 0 aliphatic rings. The molecule has 2 N–H and O–H groups in total. The number of aromatic nitrogens is 1. The van der Waals surface area contributed by atoms with Crippen LogP contribution in [0, 0.1) is 13.8 Å². The van der Waals surface area contributed by atoms with E-state index in [9.17, 15) is 4.79 Å². The van der Waals surface area contributed by atoms with Crippen molar-refractivity contribution in [2.24, 2.45) is 0 Å². The molecule has 0 saturated heterocycles. The van der Waals surface area contributed by atoms with Gasteiger partial charge in [-0.1, -0.05) is 35.4 Å². The molecule has 0 atom stereocenters. The molecule has 7 heteroatoms. The van der Waals surface area contributed by atoms with Gasteiger partial charge in [-0.2, -0.15) is 0 Å². The van der Waals surface area contributed by atoms with E-state index in [0.717, 1.165) is 16.6 Å². The number of carbonyl (C=O) groups excluding carboxylic acids is 1. The average molecular weight is 436 g/mol. The summed E-state index contributed by atoms with van der Waals surface area (Å²) in [6.45, 7) is 3.96. The molecule has 0 aliphatic carbocycles. The number of hydrogen-bond donors (Lipinski definition) is 2. The molecule has 1 heterocycles. The van der Waals surface area contributed by atoms with Crippen molar-refractivity contribution >= 4 is 51.6 Å². The first-order valence-electron chi connectivity index (χ1n) is 9.25. The maximum absolute atomic E-state index is 12.3. The molecule has 150 valence electrons. The topological polar surface area (TPSA) is 67.2 Å². The SMILES string of the molecule is Cc1ccc(C(=O)NC(=S)Nc2ccc(Cl)c(-c3nc4cc(C)ccc4o3)c2)cc1. The summed E-state index contributed by atoms with van der Waals surface area (Å²) in [5.41, 5.74) is 5.44. The highest BCUT2D eigenvalue weighted by molar-refractivity contribution is 7.80. The molecule has 4 aromatic rings. The first-order chi connectivity index (χ1) is 14.4. The van der Waals surface area contributed by atoms with Crippen molar-refractivity contribution in [1.29, 1.82) is 0 Å². The van der Waals surface area contributed by atoms with Crippen LogP contribution < -0.4 is 10.6 Å². The number of amides is 1. The smallest absolute Gasteiger partial charge is 0.257 e. The number of fused-ring (bicyclic) bond motifs is 1. The molecule has 30 heavy (non-hydrogen) atoms. The van der Waals surface area contributed by atoms with Crippen molar-refractivity contribution in [1.82, 2.24) is 10.3 Å². The van der Waals surface area contributed by atoms with Gasteiger partial charge in [0.25, 0.3) is 5.91 Å². The molecule has 0 bridgehead atoms. The summed E-state index contributed by atoms with van der Waals surface area (Å²) in [6.07, 6.45) is 0. The van der Waals surface area contributed by atoms with E-state index in [0.29, 0.717) is 33.3 Å². The minimum Gasteiger partial charge on any atom is -0.436 e. The summed E-state index contributed by atoms with van der Waals surface area (Å²) < 4.78 is 5.86. The molecule has 4 rings (SSSR count). The molecule has 0 saturated carbocycles. The highest BCUT2D eigenvalue weighted by Crippen LogP contribution is 2.32. The van der Waals surface area contributed by atoms with Gasteiger partial charge in [-0.15, -0.1) is 0 Å². The van der Waals surface area contributed by atoms with Crippen molar-refractivity contribution in [2.45, 2.75) is 13.8 Å². The zero-order chi connectivity index (χ0) is 21.3. The third-order valence-corrected chi connectivity index (χ3v) is 5.07. The Bertz CT molecular complexity index is 1270. The Morgan fingerprint density at radius 1 is 1.00 bits per heavy atom. The third-order valence-electron chi connectivity index (χ3n) is 4.54. The van der Waals surface area contributed by atoms with E-state index in [1.807, 2.05) is 44.2 Å². The van der Waals surface area contributed by atoms with Gasteiger partial charge < -0.3 is 9.73 Å². The fourth-order valence-electron chi connectivity index (χ4n) is 2.96. The van der Waals surface area contributed by atoms with Crippen molar-refractivity contribution in [3.63, 3.8) is 0 Å². The number of hydrogen-bond acceptors (Lipinski definition) is 4. The number of benzene rings is 3.